The topological polar surface area (TPSA) is 137 Å². The first-order chi connectivity index (χ1) is 15.4. The molecule has 0 radical (unpaired) electrons. The van der Waals surface area contributed by atoms with Gasteiger partial charge in [-0.1, -0.05) is 23.7 Å². The summed E-state index contributed by atoms with van der Waals surface area (Å²) in [5, 5.41) is 21.8. The second-order valence-electron chi connectivity index (χ2n) is 8.72. The summed E-state index contributed by atoms with van der Waals surface area (Å²) in [5.74, 6) is -2.65. The van der Waals surface area contributed by atoms with Crippen molar-refractivity contribution in [3.63, 3.8) is 0 Å². The molecule has 3 aliphatic rings. The third-order valence-electron chi connectivity index (χ3n) is 6.43. The molecule has 1 aromatic rings. The van der Waals surface area contributed by atoms with Crippen LogP contribution in [0.3, 0.4) is 0 Å². The second-order valence-corrected chi connectivity index (χ2v) is 10.3. The van der Waals surface area contributed by atoms with Gasteiger partial charge in [-0.05, 0) is 39.1 Å². The van der Waals surface area contributed by atoms with Gasteiger partial charge in [0.2, 0.25) is 0 Å². The Hall–Kier alpha value is -2.13. The Balaban J connectivity index is 1.82. The number of fused-ring (bicyclic) bond motifs is 1. The first-order valence-corrected chi connectivity index (χ1v) is 12.3. The van der Waals surface area contributed by atoms with Gasteiger partial charge in [0.15, 0.2) is 5.78 Å². The van der Waals surface area contributed by atoms with Crippen LogP contribution >= 0.6 is 19.4 Å². The van der Waals surface area contributed by atoms with Gasteiger partial charge in [-0.25, -0.2) is 4.57 Å². The summed E-state index contributed by atoms with van der Waals surface area (Å²) in [4.78, 5) is 34.0. The maximum atomic E-state index is 13.2. The number of ketones is 1. The number of likely N-dealkylation sites (N-methyl/N-ethyl adjacent to an activating group) is 1. The zero-order chi connectivity index (χ0) is 24.1. The van der Waals surface area contributed by atoms with Gasteiger partial charge >= 0.3 is 7.82 Å². The Bertz CT molecular complexity index is 1130. The van der Waals surface area contributed by atoms with E-state index >= 15 is 0 Å². The summed E-state index contributed by atoms with van der Waals surface area (Å²) < 4.78 is 23.1. The lowest BCUT2D eigenvalue weighted by molar-refractivity contribution is -0.135. The number of halogens is 1. The molecular formula is C22H25ClNO8P. The van der Waals surface area contributed by atoms with Gasteiger partial charge in [-0.3, -0.25) is 9.32 Å². The molecule has 0 saturated carbocycles. The van der Waals surface area contributed by atoms with Crippen molar-refractivity contribution < 1.29 is 38.6 Å². The van der Waals surface area contributed by atoms with Crippen molar-refractivity contribution in [2.45, 2.75) is 25.0 Å². The van der Waals surface area contributed by atoms with Crippen LogP contribution in [0.2, 0.25) is 5.02 Å². The summed E-state index contributed by atoms with van der Waals surface area (Å²) in [6, 6.07) is 6.83. The third kappa shape index (κ3) is 4.49. The highest BCUT2D eigenvalue weighted by atomic mass is 35.5. The number of allylic oxidation sites excluding steroid dienone is 2. The van der Waals surface area contributed by atoms with E-state index in [1.54, 1.807) is 38.2 Å². The molecule has 2 unspecified atom stereocenters. The quantitative estimate of drug-likeness (QED) is 0.461. The van der Waals surface area contributed by atoms with Crippen molar-refractivity contribution in [1.29, 1.82) is 0 Å². The molecule has 178 valence electrons. The molecule has 4 rings (SSSR count). The summed E-state index contributed by atoms with van der Waals surface area (Å²) in [6.45, 7) is 2.31. The lowest BCUT2D eigenvalue weighted by atomic mass is 9.64. The van der Waals surface area contributed by atoms with Crippen molar-refractivity contribution in [2.75, 3.05) is 20.1 Å². The van der Waals surface area contributed by atoms with E-state index in [-0.39, 0.29) is 23.6 Å². The van der Waals surface area contributed by atoms with E-state index in [1.807, 2.05) is 4.90 Å². The second kappa shape index (κ2) is 8.58. The molecule has 1 aromatic carbocycles. The number of nitrogens with zero attached hydrogens (tertiary/aromatic N) is 1. The third-order valence-corrected chi connectivity index (χ3v) is 7.31. The molecule has 0 amide bonds. The highest BCUT2D eigenvalue weighted by Gasteiger charge is 2.57. The van der Waals surface area contributed by atoms with E-state index < -0.39 is 42.9 Å². The van der Waals surface area contributed by atoms with Crippen molar-refractivity contribution in [3.05, 3.63) is 64.1 Å². The Morgan fingerprint density at radius 2 is 1.94 bits per heavy atom. The number of carbonyl (C=O) groups is 1. The fourth-order valence-electron chi connectivity index (χ4n) is 5.10. The maximum Gasteiger partial charge on any atom is 0.469 e. The fourth-order valence-corrected chi connectivity index (χ4v) is 5.91. The van der Waals surface area contributed by atoms with Crippen LogP contribution in [0.5, 0.6) is 0 Å². The number of piperidine rings is 1. The van der Waals surface area contributed by atoms with Crippen molar-refractivity contribution in [2.24, 2.45) is 11.8 Å². The number of aliphatic hydroxyl groups is 2. The predicted octanol–water partition coefficient (Wildman–Crippen LogP) is 3.35. The average molecular weight is 498 g/mol. The van der Waals surface area contributed by atoms with Crippen LogP contribution < -0.4 is 0 Å². The van der Waals surface area contributed by atoms with Crippen LogP contribution in [0.4, 0.5) is 0 Å². The van der Waals surface area contributed by atoms with E-state index in [1.165, 1.54) is 6.08 Å². The minimum Gasteiger partial charge on any atom is -0.507 e. The highest BCUT2D eigenvalue weighted by molar-refractivity contribution is 7.46. The normalized spacial score (nSPS) is 30.9. The number of hydrogen-bond donors (Lipinski definition) is 4. The van der Waals surface area contributed by atoms with Crippen LogP contribution in [-0.2, 0) is 18.6 Å². The molecule has 2 aliphatic heterocycles. The molecule has 11 heteroatoms. The number of hydrogen-bond acceptors (Lipinski definition) is 7. The maximum absolute atomic E-state index is 13.2. The van der Waals surface area contributed by atoms with E-state index in [2.05, 4.69) is 0 Å². The molecule has 9 nitrogen and oxygen atoms in total. The van der Waals surface area contributed by atoms with Gasteiger partial charge in [0.05, 0.1) is 22.6 Å². The Morgan fingerprint density at radius 3 is 2.61 bits per heavy atom. The zero-order valence-electron chi connectivity index (χ0n) is 18.0. The predicted molar refractivity (Wildman–Crippen MR) is 120 cm³/mol. The number of likely N-dealkylation sites (tertiary alicyclic amines) is 1. The first kappa shape index (κ1) is 24.0. The molecule has 4 N–H and O–H groups in total. The summed E-state index contributed by atoms with van der Waals surface area (Å²) in [6.07, 6.45) is 1.74. The molecule has 2 heterocycles. The average Bonchev–Trinajstić information content (AvgIpc) is 2.67. The Morgan fingerprint density at radius 1 is 1.24 bits per heavy atom. The van der Waals surface area contributed by atoms with Crippen LogP contribution in [0.1, 0.15) is 18.9 Å². The van der Waals surface area contributed by atoms with Crippen LogP contribution in [-0.4, -0.2) is 62.5 Å². The van der Waals surface area contributed by atoms with Gasteiger partial charge in [0.1, 0.15) is 22.9 Å². The van der Waals surface area contributed by atoms with Gasteiger partial charge in [-0.15, -0.1) is 0 Å². The minimum absolute atomic E-state index is 0.0248. The number of carbonyl (C=O) groups excluding carboxylic acids is 1. The van der Waals surface area contributed by atoms with Crippen LogP contribution in [0.15, 0.2) is 53.5 Å². The highest BCUT2D eigenvalue weighted by Crippen LogP contribution is 2.52. The van der Waals surface area contributed by atoms with Crippen LogP contribution in [0.25, 0.3) is 5.76 Å². The minimum atomic E-state index is -4.85. The lowest BCUT2D eigenvalue weighted by Crippen LogP contribution is -2.57. The summed E-state index contributed by atoms with van der Waals surface area (Å²) in [5.41, 5.74) is -1.03. The van der Waals surface area contributed by atoms with E-state index in [0.717, 1.165) is 6.08 Å². The molecule has 1 fully saturated rings. The van der Waals surface area contributed by atoms with Crippen molar-refractivity contribution in [1.82, 2.24) is 4.90 Å². The zero-order valence-corrected chi connectivity index (χ0v) is 19.7. The van der Waals surface area contributed by atoms with Gasteiger partial charge in [0.25, 0.3) is 0 Å². The van der Waals surface area contributed by atoms with Crippen molar-refractivity contribution in [3.8, 4) is 0 Å². The lowest BCUT2D eigenvalue weighted by Gasteiger charge is -2.49. The molecule has 0 aromatic heterocycles. The smallest absolute Gasteiger partial charge is 0.469 e. The molecule has 1 saturated heterocycles. The number of rotatable bonds is 4. The standard InChI is InChI=1S/C22H25ClNO8P/c1-22-20(13-7-8-24(2)11-19(13)32-33(28,29)30)15(25)9-16(26)21(22)17(27)10-18(31-22)12-5-3-4-6-14(12)23/h3-6,9-10,13,19-20,26-27H,7-8,11H2,1-2H3,(H2,28,29,30)/t13-,19+,20?,22?/m0/s1. The van der Waals surface area contributed by atoms with Gasteiger partial charge in [-0.2, -0.15) is 0 Å². The molecular weight excluding hydrogens is 473 g/mol. The summed E-state index contributed by atoms with van der Waals surface area (Å²) in [7, 11) is -3.07. The fraction of sp³-hybridized carbons (Fsp3) is 0.409. The molecule has 0 spiro atoms. The number of aliphatic hydroxyl groups excluding tert-OH is 2. The van der Waals surface area contributed by atoms with E-state index in [0.29, 0.717) is 23.6 Å². The molecule has 0 bridgehead atoms. The molecule has 1 aliphatic carbocycles. The van der Waals surface area contributed by atoms with Gasteiger partial charge in [0, 0.05) is 30.2 Å². The SMILES string of the molecule is CN1CC[C@H](C2C(=O)C=C(O)C3=C(O)C=C(c4ccccc4Cl)OC32C)[C@H](OP(=O)(O)O)C1. The number of ether oxygens (including phenoxy) is 1. The Kier molecular flexibility index (Phi) is 6.24. The largest absolute Gasteiger partial charge is 0.507 e. The van der Waals surface area contributed by atoms with Gasteiger partial charge < -0.3 is 29.6 Å². The van der Waals surface area contributed by atoms with E-state index in [4.69, 9.17) is 20.9 Å². The van der Waals surface area contributed by atoms with E-state index in [9.17, 15) is 29.4 Å². The molecule has 4 atom stereocenters. The number of phosphoric ester groups is 1. The Labute approximate surface area is 195 Å². The summed E-state index contributed by atoms with van der Waals surface area (Å²) >= 11 is 6.32. The van der Waals surface area contributed by atoms with Crippen molar-refractivity contribution >= 4 is 31.0 Å². The number of benzene rings is 1. The molecule has 33 heavy (non-hydrogen) atoms. The van der Waals surface area contributed by atoms with Crippen LogP contribution in [0, 0.1) is 11.8 Å². The first-order valence-electron chi connectivity index (χ1n) is 10.4. The monoisotopic (exact) mass is 497 g/mol. The number of phosphoric acid groups is 1.